The van der Waals surface area contributed by atoms with Crippen LogP contribution in [0.5, 0.6) is 0 Å². The van der Waals surface area contributed by atoms with E-state index in [1.165, 1.54) is 0 Å². The third kappa shape index (κ3) is 3.16. The molecule has 4 nitrogen and oxygen atoms in total. The molecule has 0 radical (unpaired) electrons. The molecule has 0 bridgehead atoms. The predicted octanol–water partition coefficient (Wildman–Crippen LogP) is 0.281. The molecule has 1 aromatic heterocycles. The van der Waals surface area contributed by atoms with Crippen molar-refractivity contribution in [3.05, 3.63) is 18.0 Å². The van der Waals surface area contributed by atoms with Crippen LogP contribution in [0.4, 0.5) is 0 Å². The minimum atomic E-state index is -0.239. The number of rotatable bonds is 4. The molecule has 13 heavy (non-hydrogen) atoms. The van der Waals surface area contributed by atoms with Gasteiger partial charge in [-0.3, -0.25) is 4.68 Å². The Hall–Kier alpha value is -0.870. The Labute approximate surface area is 78.6 Å². The highest BCUT2D eigenvalue weighted by Crippen LogP contribution is 2.02. The predicted molar refractivity (Wildman–Crippen MR) is 51.2 cm³/mol. The van der Waals surface area contributed by atoms with E-state index in [9.17, 15) is 0 Å². The van der Waals surface area contributed by atoms with Gasteiger partial charge in [0.2, 0.25) is 0 Å². The Kier molecular flexibility index (Phi) is 3.06. The quantitative estimate of drug-likeness (QED) is 0.705. The molecular weight excluding hydrogens is 166 g/mol. The maximum Gasteiger partial charge on any atom is 0.0762 e. The summed E-state index contributed by atoms with van der Waals surface area (Å²) in [5.41, 5.74) is 0.751. The first-order chi connectivity index (χ1) is 6.03. The molecule has 0 spiro atoms. The molecule has 1 aromatic rings. The molecule has 0 unspecified atom stereocenters. The second-order valence-electron chi connectivity index (χ2n) is 3.88. The maximum absolute atomic E-state index is 8.99. The van der Waals surface area contributed by atoms with Crippen molar-refractivity contribution in [3.8, 4) is 0 Å². The van der Waals surface area contributed by atoms with Crippen molar-refractivity contribution in [2.75, 3.05) is 6.61 Å². The van der Waals surface area contributed by atoms with Gasteiger partial charge in [-0.25, -0.2) is 0 Å². The van der Waals surface area contributed by atoms with Crippen LogP contribution in [0.25, 0.3) is 0 Å². The summed E-state index contributed by atoms with van der Waals surface area (Å²) in [6, 6.07) is 1.96. The van der Waals surface area contributed by atoms with Crippen molar-refractivity contribution >= 4 is 0 Å². The smallest absolute Gasteiger partial charge is 0.0762 e. The van der Waals surface area contributed by atoms with E-state index in [1.807, 2.05) is 33.2 Å². The molecule has 0 amide bonds. The number of hydrogen-bond acceptors (Lipinski definition) is 3. The van der Waals surface area contributed by atoms with Crippen molar-refractivity contribution < 1.29 is 5.11 Å². The first-order valence-corrected chi connectivity index (χ1v) is 4.38. The summed E-state index contributed by atoms with van der Waals surface area (Å²) in [6.45, 7) is 4.72. The lowest BCUT2D eigenvalue weighted by Crippen LogP contribution is -2.42. The van der Waals surface area contributed by atoms with E-state index in [1.54, 1.807) is 4.68 Å². The fourth-order valence-electron chi connectivity index (χ4n) is 0.943. The minimum absolute atomic E-state index is 0.125. The number of nitrogens with one attached hydrogen (secondary N) is 1. The van der Waals surface area contributed by atoms with Crippen LogP contribution in [0.15, 0.2) is 12.3 Å². The molecule has 4 heteroatoms. The van der Waals surface area contributed by atoms with Crippen molar-refractivity contribution in [1.82, 2.24) is 15.1 Å². The lowest BCUT2D eigenvalue weighted by Gasteiger charge is -2.22. The van der Waals surface area contributed by atoms with E-state index in [-0.39, 0.29) is 12.1 Å². The van der Waals surface area contributed by atoms with Crippen molar-refractivity contribution in [1.29, 1.82) is 0 Å². The van der Waals surface area contributed by atoms with Gasteiger partial charge in [0.25, 0.3) is 0 Å². The lowest BCUT2D eigenvalue weighted by molar-refractivity contribution is 0.187. The topological polar surface area (TPSA) is 50.1 Å². The Morgan fingerprint density at radius 3 is 2.77 bits per heavy atom. The van der Waals surface area contributed by atoms with Gasteiger partial charge < -0.3 is 10.4 Å². The highest BCUT2D eigenvalue weighted by atomic mass is 16.3. The fourth-order valence-corrected chi connectivity index (χ4v) is 0.943. The normalized spacial score (nSPS) is 12.0. The van der Waals surface area contributed by atoms with E-state index >= 15 is 0 Å². The monoisotopic (exact) mass is 183 g/mol. The van der Waals surface area contributed by atoms with Gasteiger partial charge in [-0.1, -0.05) is 0 Å². The van der Waals surface area contributed by atoms with Gasteiger partial charge in [0.15, 0.2) is 0 Å². The molecule has 1 heterocycles. The first-order valence-electron chi connectivity index (χ1n) is 4.38. The zero-order chi connectivity index (χ0) is 9.90. The molecule has 74 valence electrons. The van der Waals surface area contributed by atoms with Crippen LogP contribution in [0.3, 0.4) is 0 Å². The van der Waals surface area contributed by atoms with Crippen molar-refractivity contribution in [2.24, 2.45) is 7.05 Å². The first kappa shape index (κ1) is 10.2. The molecule has 0 saturated carbocycles. The van der Waals surface area contributed by atoms with Crippen molar-refractivity contribution in [3.63, 3.8) is 0 Å². The summed E-state index contributed by atoms with van der Waals surface area (Å²) < 4.78 is 1.77. The van der Waals surface area contributed by atoms with E-state index in [2.05, 4.69) is 10.4 Å². The Balaban J connectivity index is 2.43. The summed E-state index contributed by atoms with van der Waals surface area (Å²) in [6.07, 6.45) is 1.91. The summed E-state index contributed by atoms with van der Waals surface area (Å²) in [4.78, 5) is 0. The van der Waals surface area contributed by atoms with E-state index in [0.29, 0.717) is 6.54 Å². The largest absolute Gasteiger partial charge is 0.394 e. The van der Waals surface area contributed by atoms with Gasteiger partial charge in [-0.15, -0.1) is 0 Å². The number of hydrogen-bond donors (Lipinski definition) is 2. The third-order valence-corrected chi connectivity index (χ3v) is 1.91. The zero-order valence-corrected chi connectivity index (χ0v) is 8.41. The Morgan fingerprint density at radius 2 is 2.31 bits per heavy atom. The molecule has 0 atom stereocenters. The SMILES string of the molecule is Cn1ccc(CNC(C)(C)CO)n1. The van der Waals surface area contributed by atoms with E-state index in [4.69, 9.17) is 5.11 Å². The summed E-state index contributed by atoms with van der Waals surface area (Å²) in [5.74, 6) is 0. The second kappa shape index (κ2) is 3.89. The van der Waals surface area contributed by atoms with Gasteiger partial charge >= 0.3 is 0 Å². The number of aromatic nitrogens is 2. The average Bonchev–Trinajstić information content (AvgIpc) is 2.48. The fraction of sp³-hybridized carbons (Fsp3) is 0.667. The number of aliphatic hydroxyl groups is 1. The van der Waals surface area contributed by atoms with Gasteiger partial charge in [-0.2, -0.15) is 5.10 Å². The number of nitrogens with zero attached hydrogens (tertiary/aromatic N) is 2. The molecule has 2 N–H and O–H groups in total. The van der Waals surface area contributed by atoms with Crippen LogP contribution >= 0.6 is 0 Å². The van der Waals surface area contributed by atoms with Crippen LogP contribution in [-0.2, 0) is 13.6 Å². The molecule has 1 rings (SSSR count). The third-order valence-electron chi connectivity index (χ3n) is 1.91. The highest BCUT2D eigenvalue weighted by Gasteiger charge is 2.15. The highest BCUT2D eigenvalue weighted by molar-refractivity contribution is 4.99. The zero-order valence-electron chi connectivity index (χ0n) is 8.41. The number of aryl methyl sites for hydroxylation is 1. The molecule has 0 fully saturated rings. The van der Waals surface area contributed by atoms with Crippen molar-refractivity contribution in [2.45, 2.75) is 25.9 Å². The van der Waals surface area contributed by atoms with Crippen LogP contribution in [0.2, 0.25) is 0 Å². The summed E-state index contributed by atoms with van der Waals surface area (Å²) >= 11 is 0. The van der Waals surface area contributed by atoms with E-state index in [0.717, 1.165) is 5.69 Å². The molecule has 0 aliphatic rings. The summed E-state index contributed by atoms with van der Waals surface area (Å²) in [5, 5.41) is 16.4. The maximum atomic E-state index is 8.99. The lowest BCUT2D eigenvalue weighted by atomic mass is 10.1. The molecule has 0 aromatic carbocycles. The van der Waals surface area contributed by atoms with Crippen LogP contribution < -0.4 is 5.32 Å². The Morgan fingerprint density at radius 1 is 1.62 bits per heavy atom. The second-order valence-corrected chi connectivity index (χ2v) is 3.88. The van der Waals surface area contributed by atoms with Gasteiger partial charge in [0.05, 0.1) is 12.3 Å². The average molecular weight is 183 g/mol. The molecular formula is C9H17N3O. The molecule has 0 saturated heterocycles. The van der Waals surface area contributed by atoms with Crippen LogP contribution in [0, 0.1) is 0 Å². The van der Waals surface area contributed by atoms with Gasteiger partial charge in [-0.05, 0) is 19.9 Å². The van der Waals surface area contributed by atoms with Gasteiger partial charge in [0, 0.05) is 25.3 Å². The Bertz CT molecular complexity index is 268. The number of aliphatic hydroxyl groups excluding tert-OH is 1. The van der Waals surface area contributed by atoms with Crippen LogP contribution in [0.1, 0.15) is 19.5 Å². The molecule has 0 aliphatic heterocycles. The van der Waals surface area contributed by atoms with Crippen LogP contribution in [-0.4, -0.2) is 27.0 Å². The summed E-state index contributed by atoms with van der Waals surface area (Å²) in [7, 11) is 1.89. The minimum Gasteiger partial charge on any atom is -0.394 e. The van der Waals surface area contributed by atoms with Gasteiger partial charge in [0.1, 0.15) is 0 Å². The van der Waals surface area contributed by atoms with E-state index < -0.39 is 0 Å². The molecule has 0 aliphatic carbocycles. The standard InChI is InChI=1S/C9H17N3O/c1-9(2,7-13)10-6-8-4-5-12(3)11-8/h4-5,10,13H,6-7H2,1-3H3.